The minimum absolute atomic E-state index is 0.214. The van der Waals surface area contributed by atoms with Crippen LogP contribution < -0.4 is 5.73 Å². The van der Waals surface area contributed by atoms with Crippen LogP contribution >= 0.6 is 11.8 Å². The van der Waals surface area contributed by atoms with Crippen molar-refractivity contribution < 1.29 is 4.74 Å². The van der Waals surface area contributed by atoms with Crippen molar-refractivity contribution in [3.05, 3.63) is 29.3 Å². The lowest BCUT2D eigenvalue weighted by atomic mass is 9.75. The van der Waals surface area contributed by atoms with Gasteiger partial charge in [-0.2, -0.15) is 0 Å². The highest BCUT2D eigenvalue weighted by atomic mass is 32.2. The molecule has 0 spiro atoms. The number of hydrogen-bond donors (Lipinski definition) is 1. The molecule has 0 radical (unpaired) electrons. The highest BCUT2D eigenvalue weighted by Crippen LogP contribution is 2.39. The molecule has 92 valence electrons. The first-order valence-corrected chi connectivity index (χ1v) is 7.37. The molecule has 0 bridgehead atoms. The molecule has 2 aliphatic heterocycles. The van der Waals surface area contributed by atoms with Gasteiger partial charge in [0, 0.05) is 10.3 Å². The van der Waals surface area contributed by atoms with Gasteiger partial charge in [0.15, 0.2) is 0 Å². The van der Waals surface area contributed by atoms with Crippen LogP contribution in [0.2, 0.25) is 0 Å². The summed E-state index contributed by atoms with van der Waals surface area (Å²) in [7, 11) is 0. The second-order valence-electron chi connectivity index (χ2n) is 5.09. The Hall–Kier alpha value is -0.510. The van der Waals surface area contributed by atoms with Crippen molar-refractivity contribution in [1.82, 2.24) is 0 Å². The van der Waals surface area contributed by atoms with Crippen molar-refractivity contribution in [2.24, 2.45) is 5.73 Å². The average molecular weight is 249 g/mol. The van der Waals surface area contributed by atoms with Crippen LogP contribution in [-0.4, -0.2) is 25.5 Å². The van der Waals surface area contributed by atoms with Crippen molar-refractivity contribution in [2.75, 3.05) is 25.5 Å². The van der Waals surface area contributed by atoms with E-state index in [2.05, 4.69) is 18.2 Å². The molecule has 0 unspecified atom stereocenters. The van der Waals surface area contributed by atoms with Crippen LogP contribution in [0.3, 0.4) is 0 Å². The Labute approximate surface area is 107 Å². The lowest BCUT2D eigenvalue weighted by molar-refractivity contribution is -0.0631. The van der Waals surface area contributed by atoms with Crippen LogP contribution in [0.15, 0.2) is 23.1 Å². The fourth-order valence-electron chi connectivity index (χ4n) is 2.77. The molecule has 1 saturated heterocycles. The normalized spacial score (nSPS) is 21.7. The van der Waals surface area contributed by atoms with Gasteiger partial charge in [0.05, 0.1) is 13.2 Å². The fourth-order valence-corrected chi connectivity index (χ4v) is 3.79. The SMILES string of the molecule is NCCC1(c2ccc3c(c2)CCCS3)COC1. The Balaban J connectivity index is 1.92. The Morgan fingerprint density at radius 2 is 2.24 bits per heavy atom. The smallest absolute Gasteiger partial charge is 0.0586 e. The van der Waals surface area contributed by atoms with Gasteiger partial charge in [-0.25, -0.2) is 0 Å². The van der Waals surface area contributed by atoms with Gasteiger partial charge in [-0.1, -0.05) is 12.1 Å². The highest BCUT2D eigenvalue weighted by Gasteiger charge is 2.39. The second-order valence-corrected chi connectivity index (χ2v) is 6.22. The lowest BCUT2D eigenvalue weighted by Gasteiger charge is -2.42. The molecule has 0 aromatic heterocycles. The Bertz CT molecular complexity index is 415. The first-order valence-electron chi connectivity index (χ1n) is 6.38. The number of rotatable bonds is 3. The third-order valence-electron chi connectivity index (χ3n) is 3.90. The van der Waals surface area contributed by atoms with Gasteiger partial charge in [0.2, 0.25) is 0 Å². The molecule has 2 nitrogen and oxygen atoms in total. The molecule has 1 aromatic carbocycles. The average Bonchev–Trinajstić information content (AvgIpc) is 2.33. The van der Waals surface area contributed by atoms with E-state index in [0.29, 0.717) is 0 Å². The molecule has 3 rings (SSSR count). The molecular formula is C14H19NOS. The van der Waals surface area contributed by atoms with Gasteiger partial charge in [0.1, 0.15) is 0 Å². The second kappa shape index (κ2) is 4.63. The molecule has 0 amide bonds. The summed E-state index contributed by atoms with van der Waals surface area (Å²) in [6.45, 7) is 2.43. The number of hydrogen-bond acceptors (Lipinski definition) is 3. The van der Waals surface area contributed by atoms with Crippen molar-refractivity contribution in [2.45, 2.75) is 29.6 Å². The molecule has 2 N–H and O–H groups in total. The summed E-state index contributed by atoms with van der Waals surface area (Å²) in [5.74, 6) is 1.27. The topological polar surface area (TPSA) is 35.2 Å². The van der Waals surface area contributed by atoms with Crippen molar-refractivity contribution in [1.29, 1.82) is 0 Å². The van der Waals surface area contributed by atoms with Crippen molar-refractivity contribution in [3.8, 4) is 0 Å². The van der Waals surface area contributed by atoms with E-state index in [9.17, 15) is 0 Å². The maximum absolute atomic E-state index is 5.74. The summed E-state index contributed by atoms with van der Waals surface area (Å²) in [6.07, 6.45) is 3.58. The Morgan fingerprint density at radius 1 is 1.35 bits per heavy atom. The summed E-state index contributed by atoms with van der Waals surface area (Å²) in [5, 5.41) is 0. The summed E-state index contributed by atoms with van der Waals surface area (Å²) in [5.41, 5.74) is 8.92. The molecule has 0 aliphatic carbocycles. The van der Waals surface area contributed by atoms with Crippen molar-refractivity contribution >= 4 is 11.8 Å². The van der Waals surface area contributed by atoms with E-state index >= 15 is 0 Å². The zero-order chi connectivity index (χ0) is 11.7. The van der Waals surface area contributed by atoms with Crippen LogP contribution in [0, 0.1) is 0 Å². The summed E-state index contributed by atoms with van der Waals surface area (Å²) >= 11 is 1.99. The molecule has 1 fully saturated rings. The fraction of sp³-hybridized carbons (Fsp3) is 0.571. The van der Waals surface area contributed by atoms with Gasteiger partial charge >= 0.3 is 0 Å². The highest BCUT2D eigenvalue weighted by molar-refractivity contribution is 7.99. The third kappa shape index (κ3) is 2.01. The predicted octanol–water partition coefficient (Wildman–Crippen LogP) is 2.34. The van der Waals surface area contributed by atoms with Crippen LogP contribution in [-0.2, 0) is 16.6 Å². The lowest BCUT2D eigenvalue weighted by Crippen LogP contribution is -2.48. The van der Waals surface area contributed by atoms with Crippen LogP contribution in [0.4, 0.5) is 0 Å². The van der Waals surface area contributed by atoms with Gasteiger partial charge < -0.3 is 10.5 Å². The third-order valence-corrected chi connectivity index (χ3v) is 5.10. The van der Waals surface area contributed by atoms with Gasteiger partial charge in [-0.3, -0.25) is 0 Å². The van der Waals surface area contributed by atoms with Crippen LogP contribution in [0.1, 0.15) is 24.0 Å². The van der Waals surface area contributed by atoms with Crippen LogP contribution in [0.25, 0.3) is 0 Å². The van der Waals surface area contributed by atoms with E-state index in [1.807, 2.05) is 11.8 Å². The van der Waals surface area contributed by atoms with Crippen molar-refractivity contribution in [3.63, 3.8) is 0 Å². The Kier molecular flexibility index (Phi) is 3.16. The van der Waals surface area contributed by atoms with E-state index in [-0.39, 0.29) is 5.41 Å². The number of ether oxygens (including phenoxy) is 1. The minimum Gasteiger partial charge on any atom is -0.379 e. The molecule has 1 aromatic rings. The van der Waals surface area contributed by atoms with E-state index in [1.54, 1.807) is 0 Å². The Morgan fingerprint density at radius 3 is 2.94 bits per heavy atom. The summed E-state index contributed by atoms with van der Waals surface area (Å²) < 4.78 is 5.43. The van der Waals surface area contributed by atoms with Gasteiger partial charge in [-0.05, 0) is 48.8 Å². The summed E-state index contributed by atoms with van der Waals surface area (Å²) in [6, 6.07) is 6.99. The maximum atomic E-state index is 5.74. The zero-order valence-corrected chi connectivity index (χ0v) is 10.9. The van der Waals surface area contributed by atoms with E-state index in [1.165, 1.54) is 34.6 Å². The van der Waals surface area contributed by atoms with Gasteiger partial charge in [-0.15, -0.1) is 11.8 Å². The predicted molar refractivity (Wildman–Crippen MR) is 71.7 cm³/mol. The van der Waals surface area contributed by atoms with E-state index in [4.69, 9.17) is 10.5 Å². The number of nitrogens with two attached hydrogens (primary N) is 1. The molecule has 2 heterocycles. The number of thioether (sulfide) groups is 1. The van der Waals surface area contributed by atoms with E-state index in [0.717, 1.165) is 26.2 Å². The number of aryl methyl sites for hydroxylation is 1. The molecule has 3 heteroatoms. The number of benzene rings is 1. The first-order chi connectivity index (χ1) is 8.34. The first kappa shape index (κ1) is 11.6. The van der Waals surface area contributed by atoms with Gasteiger partial charge in [0.25, 0.3) is 0 Å². The van der Waals surface area contributed by atoms with Crippen LogP contribution in [0.5, 0.6) is 0 Å². The monoisotopic (exact) mass is 249 g/mol. The number of fused-ring (bicyclic) bond motifs is 1. The minimum atomic E-state index is 0.214. The molecular weight excluding hydrogens is 230 g/mol. The maximum Gasteiger partial charge on any atom is 0.0586 e. The molecule has 17 heavy (non-hydrogen) atoms. The quantitative estimate of drug-likeness (QED) is 0.893. The summed E-state index contributed by atoms with van der Waals surface area (Å²) in [4.78, 5) is 1.48. The molecule has 0 saturated carbocycles. The standard InChI is InChI=1S/C14H19NOS/c15-6-5-14(9-16-10-14)12-3-4-13-11(8-12)2-1-7-17-13/h3-4,8H,1-2,5-7,9-10,15H2. The molecule has 0 atom stereocenters. The largest absolute Gasteiger partial charge is 0.379 e. The van der Waals surface area contributed by atoms with E-state index < -0.39 is 0 Å². The molecule has 2 aliphatic rings. The zero-order valence-electron chi connectivity index (χ0n) is 10.1.